The second-order valence-corrected chi connectivity index (χ2v) is 7.74. The van der Waals surface area contributed by atoms with Crippen LogP contribution in [0.3, 0.4) is 0 Å². The lowest BCUT2D eigenvalue weighted by molar-refractivity contribution is -0.122. The van der Waals surface area contributed by atoms with Gasteiger partial charge in [-0.3, -0.25) is 4.79 Å². The lowest BCUT2D eigenvalue weighted by Gasteiger charge is -2.23. The Kier molecular flexibility index (Phi) is 8.30. The summed E-state index contributed by atoms with van der Waals surface area (Å²) in [5, 5.41) is 5.22. The van der Waals surface area contributed by atoms with E-state index >= 15 is 0 Å². The largest absolute Gasteiger partial charge is 0.489 e. The highest BCUT2D eigenvalue weighted by Crippen LogP contribution is 2.16. The van der Waals surface area contributed by atoms with Gasteiger partial charge in [0.15, 0.2) is 0 Å². The molecule has 0 aromatic heterocycles. The standard InChI is InChI=1S/C24H28N2O4/c1-5-15-25-22(27)21(26-23(28)30-24(2,3)4)16-18-11-13-20(14-12-18)29-17-19-9-7-6-8-10-19/h1,6-14,21H,15-17H2,2-4H3,(H,25,27)(H,26,28)/t21-/m0/s1. The van der Waals surface area contributed by atoms with Gasteiger partial charge in [-0.15, -0.1) is 6.42 Å². The van der Waals surface area contributed by atoms with Crippen LogP contribution in [-0.4, -0.2) is 30.2 Å². The third kappa shape index (κ3) is 8.27. The molecule has 2 amide bonds. The fraction of sp³-hybridized carbons (Fsp3) is 0.333. The van der Waals surface area contributed by atoms with E-state index < -0.39 is 17.7 Å². The first-order valence-electron chi connectivity index (χ1n) is 9.73. The van der Waals surface area contributed by atoms with E-state index in [1.807, 2.05) is 54.6 Å². The molecule has 0 unspecified atom stereocenters. The Hall–Kier alpha value is -3.46. The first kappa shape index (κ1) is 22.8. The number of hydrogen-bond donors (Lipinski definition) is 2. The summed E-state index contributed by atoms with van der Waals surface area (Å²) >= 11 is 0. The Morgan fingerprint density at radius 2 is 1.70 bits per heavy atom. The maximum atomic E-state index is 12.4. The van der Waals surface area contributed by atoms with Crippen LogP contribution in [0.2, 0.25) is 0 Å². The summed E-state index contributed by atoms with van der Waals surface area (Å²) < 4.78 is 11.0. The predicted octanol–water partition coefficient (Wildman–Crippen LogP) is 3.45. The van der Waals surface area contributed by atoms with Crippen molar-refractivity contribution in [2.75, 3.05) is 6.54 Å². The predicted molar refractivity (Wildman–Crippen MR) is 116 cm³/mol. The molecule has 0 heterocycles. The number of amides is 2. The summed E-state index contributed by atoms with van der Waals surface area (Å²) in [6.45, 7) is 5.83. The Morgan fingerprint density at radius 3 is 2.30 bits per heavy atom. The number of carbonyl (C=O) groups is 2. The fourth-order valence-electron chi connectivity index (χ4n) is 2.62. The first-order chi connectivity index (χ1) is 14.3. The molecule has 0 bridgehead atoms. The van der Waals surface area contributed by atoms with Crippen LogP contribution in [-0.2, 0) is 22.6 Å². The topological polar surface area (TPSA) is 76.7 Å². The van der Waals surface area contributed by atoms with Crippen LogP contribution in [0.1, 0.15) is 31.9 Å². The van der Waals surface area contributed by atoms with Crippen LogP contribution in [0.25, 0.3) is 0 Å². The molecule has 0 aliphatic carbocycles. The molecule has 0 spiro atoms. The van der Waals surface area contributed by atoms with E-state index in [1.54, 1.807) is 20.8 Å². The number of ether oxygens (including phenoxy) is 2. The zero-order valence-electron chi connectivity index (χ0n) is 17.6. The second-order valence-electron chi connectivity index (χ2n) is 7.74. The van der Waals surface area contributed by atoms with Gasteiger partial charge < -0.3 is 20.1 Å². The van der Waals surface area contributed by atoms with E-state index in [2.05, 4.69) is 16.6 Å². The van der Waals surface area contributed by atoms with Crippen LogP contribution in [0.4, 0.5) is 4.79 Å². The molecular formula is C24H28N2O4. The van der Waals surface area contributed by atoms with Crippen molar-refractivity contribution in [2.24, 2.45) is 0 Å². The Labute approximate surface area is 178 Å². The molecule has 2 N–H and O–H groups in total. The van der Waals surface area contributed by atoms with E-state index in [4.69, 9.17) is 15.9 Å². The molecule has 158 valence electrons. The molecule has 0 aliphatic rings. The van der Waals surface area contributed by atoms with Crippen molar-refractivity contribution in [2.45, 2.75) is 45.4 Å². The second kappa shape index (κ2) is 10.9. The lowest BCUT2D eigenvalue weighted by atomic mass is 10.1. The molecule has 0 radical (unpaired) electrons. The van der Waals surface area contributed by atoms with Crippen LogP contribution < -0.4 is 15.4 Å². The zero-order chi connectivity index (χ0) is 22.0. The lowest BCUT2D eigenvalue weighted by Crippen LogP contribution is -2.49. The molecule has 6 heteroatoms. The number of carbonyl (C=O) groups excluding carboxylic acids is 2. The molecular weight excluding hydrogens is 380 g/mol. The van der Waals surface area contributed by atoms with Crippen molar-refractivity contribution in [1.29, 1.82) is 0 Å². The number of benzene rings is 2. The maximum absolute atomic E-state index is 12.4. The van der Waals surface area contributed by atoms with Crippen molar-refractivity contribution in [3.05, 3.63) is 65.7 Å². The third-order valence-corrected chi connectivity index (χ3v) is 3.98. The number of alkyl carbamates (subject to hydrolysis) is 1. The van der Waals surface area contributed by atoms with E-state index in [1.165, 1.54) is 0 Å². The molecule has 2 rings (SSSR count). The van der Waals surface area contributed by atoms with Crippen molar-refractivity contribution in [3.8, 4) is 18.1 Å². The average Bonchev–Trinajstić information content (AvgIpc) is 2.70. The van der Waals surface area contributed by atoms with Crippen LogP contribution in [0, 0.1) is 12.3 Å². The van der Waals surface area contributed by atoms with E-state index in [9.17, 15) is 9.59 Å². The minimum absolute atomic E-state index is 0.0809. The van der Waals surface area contributed by atoms with Gasteiger partial charge in [0.1, 0.15) is 24.0 Å². The summed E-state index contributed by atoms with van der Waals surface area (Å²) in [6.07, 6.45) is 4.84. The van der Waals surface area contributed by atoms with Gasteiger partial charge in [0.05, 0.1) is 6.54 Å². The van der Waals surface area contributed by atoms with Crippen LogP contribution in [0.5, 0.6) is 5.75 Å². The molecule has 0 aliphatic heterocycles. The van der Waals surface area contributed by atoms with Gasteiger partial charge in [0.25, 0.3) is 0 Å². The summed E-state index contributed by atoms with van der Waals surface area (Å²) in [7, 11) is 0. The molecule has 0 saturated carbocycles. The molecule has 30 heavy (non-hydrogen) atoms. The Morgan fingerprint density at radius 1 is 1.03 bits per heavy atom. The minimum Gasteiger partial charge on any atom is -0.489 e. The van der Waals surface area contributed by atoms with Crippen LogP contribution >= 0.6 is 0 Å². The summed E-state index contributed by atoms with van der Waals surface area (Å²) in [5.41, 5.74) is 1.27. The summed E-state index contributed by atoms with van der Waals surface area (Å²) in [6, 6.07) is 16.5. The Balaban J connectivity index is 2.00. The number of terminal acetylenes is 1. The third-order valence-electron chi connectivity index (χ3n) is 3.98. The fourth-order valence-corrected chi connectivity index (χ4v) is 2.62. The SMILES string of the molecule is C#CCNC(=O)[C@H](Cc1ccc(OCc2ccccc2)cc1)NC(=O)OC(C)(C)C. The van der Waals surface area contributed by atoms with E-state index in [-0.39, 0.29) is 18.9 Å². The van der Waals surface area contributed by atoms with Gasteiger partial charge in [-0.05, 0) is 44.0 Å². The maximum Gasteiger partial charge on any atom is 0.408 e. The molecule has 6 nitrogen and oxygen atoms in total. The van der Waals surface area contributed by atoms with Crippen molar-refractivity contribution in [1.82, 2.24) is 10.6 Å². The molecule has 0 fully saturated rings. The molecule has 0 saturated heterocycles. The monoisotopic (exact) mass is 408 g/mol. The number of rotatable bonds is 8. The summed E-state index contributed by atoms with van der Waals surface area (Å²) in [5.74, 6) is 2.70. The zero-order valence-corrected chi connectivity index (χ0v) is 17.6. The average molecular weight is 408 g/mol. The molecule has 2 aromatic carbocycles. The van der Waals surface area contributed by atoms with Gasteiger partial charge in [0, 0.05) is 6.42 Å². The van der Waals surface area contributed by atoms with Gasteiger partial charge in [0.2, 0.25) is 5.91 Å². The first-order valence-corrected chi connectivity index (χ1v) is 9.73. The van der Waals surface area contributed by atoms with E-state index in [0.29, 0.717) is 6.61 Å². The van der Waals surface area contributed by atoms with Gasteiger partial charge in [-0.1, -0.05) is 48.4 Å². The van der Waals surface area contributed by atoms with Crippen LogP contribution in [0.15, 0.2) is 54.6 Å². The highest BCUT2D eigenvalue weighted by atomic mass is 16.6. The van der Waals surface area contributed by atoms with E-state index in [0.717, 1.165) is 16.9 Å². The van der Waals surface area contributed by atoms with Crippen molar-refractivity contribution < 1.29 is 19.1 Å². The minimum atomic E-state index is -0.815. The summed E-state index contributed by atoms with van der Waals surface area (Å²) in [4.78, 5) is 24.6. The normalized spacial score (nSPS) is 11.7. The highest BCUT2D eigenvalue weighted by molar-refractivity contribution is 5.86. The van der Waals surface area contributed by atoms with Gasteiger partial charge in [-0.25, -0.2) is 4.79 Å². The van der Waals surface area contributed by atoms with Gasteiger partial charge >= 0.3 is 6.09 Å². The van der Waals surface area contributed by atoms with Crippen molar-refractivity contribution >= 4 is 12.0 Å². The Bertz CT molecular complexity index is 865. The number of hydrogen-bond acceptors (Lipinski definition) is 4. The van der Waals surface area contributed by atoms with Crippen molar-refractivity contribution in [3.63, 3.8) is 0 Å². The molecule has 1 atom stereocenters. The quantitative estimate of drug-likeness (QED) is 0.656. The number of nitrogens with one attached hydrogen (secondary N) is 2. The smallest absolute Gasteiger partial charge is 0.408 e. The highest BCUT2D eigenvalue weighted by Gasteiger charge is 2.24. The van der Waals surface area contributed by atoms with Gasteiger partial charge in [-0.2, -0.15) is 0 Å². The molecule has 2 aromatic rings.